The molecule has 2 nitrogen and oxygen atoms in total. The number of methoxy groups -OCH3 is 1. The van der Waals surface area contributed by atoms with Gasteiger partial charge in [0.2, 0.25) is 0 Å². The number of rotatable bonds is 3. The molecule has 0 saturated heterocycles. The molecule has 0 bridgehead atoms. The van der Waals surface area contributed by atoms with Crippen molar-refractivity contribution in [2.45, 2.75) is 27.7 Å². The number of ether oxygens (including phenoxy) is 1. The Hall–Kier alpha value is -0.0800. The zero-order chi connectivity index (χ0) is 9.12. The van der Waals surface area contributed by atoms with Gasteiger partial charge in [0.15, 0.2) is 0 Å². The van der Waals surface area contributed by atoms with E-state index in [0.29, 0.717) is 6.54 Å². The topological polar surface area (TPSA) is 35.2 Å². The van der Waals surface area contributed by atoms with Crippen LogP contribution in [-0.2, 0) is 4.74 Å². The van der Waals surface area contributed by atoms with E-state index in [1.54, 1.807) is 7.11 Å². The zero-order valence-corrected chi connectivity index (χ0v) is 8.40. The van der Waals surface area contributed by atoms with Crippen molar-refractivity contribution in [1.82, 2.24) is 0 Å². The van der Waals surface area contributed by atoms with Gasteiger partial charge in [0, 0.05) is 19.1 Å². The summed E-state index contributed by atoms with van der Waals surface area (Å²) >= 11 is 0. The van der Waals surface area contributed by atoms with Gasteiger partial charge < -0.3 is 10.5 Å². The summed E-state index contributed by atoms with van der Waals surface area (Å²) in [6.07, 6.45) is 0. The zero-order valence-electron chi connectivity index (χ0n) is 8.40. The highest BCUT2D eigenvalue weighted by atomic mass is 16.5. The van der Waals surface area contributed by atoms with Crippen LogP contribution in [0.5, 0.6) is 0 Å². The van der Waals surface area contributed by atoms with E-state index in [-0.39, 0.29) is 10.8 Å². The van der Waals surface area contributed by atoms with E-state index >= 15 is 0 Å². The lowest BCUT2D eigenvalue weighted by atomic mass is 9.68. The fourth-order valence-electron chi connectivity index (χ4n) is 0.900. The van der Waals surface area contributed by atoms with E-state index in [2.05, 4.69) is 27.7 Å². The minimum atomic E-state index is 0.0851. The second kappa shape index (κ2) is 3.55. The third-order valence-corrected chi connectivity index (χ3v) is 2.72. The van der Waals surface area contributed by atoms with Gasteiger partial charge in [-0.25, -0.2) is 0 Å². The normalized spacial score (nSPS) is 18.0. The summed E-state index contributed by atoms with van der Waals surface area (Å²) in [5, 5.41) is 0. The molecule has 11 heavy (non-hydrogen) atoms. The maximum absolute atomic E-state index is 5.70. The average Bonchev–Trinajstić information content (AvgIpc) is 1.86. The second-order valence-electron chi connectivity index (χ2n) is 4.45. The smallest absolute Gasteiger partial charge is 0.0533 e. The molecule has 0 fully saturated rings. The van der Waals surface area contributed by atoms with Gasteiger partial charge in [0.05, 0.1) is 6.61 Å². The Bertz CT molecular complexity index is 117. The highest BCUT2D eigenvalue weighted by Crippen LogP contribution is 2.37. The van der Waals surface area contributed by atoms with Gasteiger partial charge >= 0.3 is 0 Å². The first-order valence-corrected chi connectivity index (χ1v) is 4.06. The molecule has 68 valence electrons. The van der Waals surface area contributed by atoms with Crippen LogP contribution in [0.2, 0.25) is 0 Å². The molecule has 0 heterocycles. The Morgan fingerprint density at radius 2 is 1.64 bits per heavy atom. The van der Waals surface area contributed by atoms with Crippen molar-refractivity contribution in [2.24, 2.45) is 16.6 Å². The third kappa shape index (κ3) is 2.46. The Labute approximate surface area is 70.1 Å². The molecule has 0 aromatic heterocycles. The minimum absolute atomic E-state index is 0.0851. The Morgan fingerprint density at radius 1 is 1.18 bits per heavy atom. The predicted molar refractivity (Wildman–Crippen MR) is 48.5 cm³/mol. The summed E-state index contributed by atoms with van der Waals surface area (Å²) in [6.45, 7) is 10.1. The third-order valence-electron chi connectivity index (χ3n) is 2.72. The lowest BCUT2D eigenvalue weighted by Gasteiger charge is -2.40. The van der Waals surface area contributed by atoms with Crippen LogP contribution in [0.15, 0.2) is 0 Å². The van der Waals surface area contributed by atoms with Crippen LogP contribution in [0.25, 0.3) is 0 Å². The first-order valence-electron chi connectivity index (χ1n) is 4.06. The van der Waals surface area contributed by atoms with Crippen molar-refractivity contribution in [3.8, 4) is 0 Å². The molecule has 0 amide bonds. The fourth-order valence-corrected chi connectivity index (χ4v) is 0.900. The Kier molecular flexibility index (Phi) is 3.52. The molecule has 1 atom stereocenters. The second-order valence-corrected chi connectivity index (χ2v) is 4.45. The molecule has 0 rings (SSSR count). The fraction of sp³-hybridized carbons (Fsp3) is 1.00. The summed E-state index contributed by atoms with van der Waals surface area (Å²) in [4.78, 5) is 0. The van der Waals surface area contributed by atoms with Crippen LogP contribution in [0, 0.1) is 10.8 Å². The van der Waals surface area contributed by atoms with Gasteiger partial charge in [-0.05, 0) is 5.41 Å². The van der Waals surface area contributed by atoms with Crippen LogP contribution in [0.3, 0.4) is 0 Å². The molecular formula is C9H21NO. The van der Waals surface area contributed by atoms with Crippen LogP contribution in [-0.4, -0.2) is 20.3 Å². The molecule has 0 spiro atoms. The summed E-state index contributed by atoms with van der Waals surface area (Å²) in [5.74, 6) is 0. The summed E-state index contributed by atoms with van der Waals surface area (Å²) < 4.78 is 5.14. The minimum Gasteiger partial charge on any atom is -0.384 e. The van der Waals surface area contributed by atoms with E-state index in [9.17, 15) is 0 Å². The molecule has 2 heteroatoms. The van der Waals surface area contributed by atoms with Crippen molar-refractivity contribution in [3.63, 3.8) is 0 Å². The molecular weight excluding hydrogens is 138 g/mol. The van der Waals surface area contributed by atoms with Gasteiger partial charge in [-0.2, -0.15) is 0 Å². The lowest BCUT2D eigenvalue weighted by Crippen LogP contribution is -2.43. The van der Waals surface area contributed by atoms with Crippen LogP contribution >= 0.6 is 0 Å². The maximum Gasteiger partial charge on any atom is 0.0533 e. The lowest BCUT2D eigenvalue weighted by molar-refractivity contribution is 0.0155. The number of hydrogen-bond donors (Lipinski definition) is 1. The van der Waals surface area contributed by atoms with Crippen molar-refractivity contribution in [3.05, 3.63) is 0 Å². The molecule has 0 aliphatic rings. The average molecular weight is 159 g/mol. The van der Waals surface area contributed by atoms with Crippen LogP contribution < -0.4 is 5.73 Å². The highest BCUT2D eigenvalue weighted by molar-refractivity contribution is 4.86. The Morgan fingerprint density at radius 3 is 1.73 bits per heavy atom. The van der Waals surface area contributed by atoms with E-state index in [1.807, 2.05) is 0 Å². The number of hydrogen-bond acceptors (Lipinski definition) is 2. The SMILES string of the molecule is COCC(C)(CN)C(C)(C)C. The van der Waals surface area contributed by atoms with E-state index < -0.39 is 0 Å². The van der Waals surface area contributed by atoms with Crippen molar-refractivity contribution in [1.29, 1.82) is 0 Å². The van der Waals surface area contributed by atoms with Gasteiger partial charge in [-0.1, -0.05) is 27.7 Å². The Balaban J connectivity index is 4.33. The predicted octanol–water partition coefficient (Wildman–Crippen LogP) is 1.64. The van der Waals surface area contributed by atoms with Crippen molar-refractivity contribution in [2.75, 3.05) is 20.3 Å². The molecule has 2 N–H and O–H groups in total. The van der Waals surface area contributed by atoms with Crippen molar-refractivity contribution < 1.29 is 4.74 Å². The van der Waals surface area contributed by atoms with E-state index in [1.165, 1.54) is 0 Å². The highest BCUT2D eigenvalue weighted by Gasteiger charge is 2.35. The van der Waals surface area contributed by atoms with Crippen LogP contribution in [0.4, 0.5) is 0 Å². The van der Waals surface area contributed by atoms with Gasteiger partial charge in [0.25, 0.3) is 0 Å². The molecule has 0 saturated carbocycles. The van der Waals surface area contributed by atoms with Crippen LogP contribution in [0.1, 0.15) is 27.7 Å². The number of nitrogens with two attached hydrogens (primary N) is 1. The largest absolute Gasteiger partial charge is 0.384 e. The van der Waals surface area contributed by atoms with E-state index in [4.69, 9.17) is 10.5 Å². The summed E-state index contributed by atoms with van der Waals surface area (Å²) in [6, 6.07) is 0. The first-order chi connectivity index (χ1) is 4.87. The first kappa shape index (κ1) is 10.9. The molecule has 1 unspecified atom stereocenters. The van der Waals surface area contributed by atoms with E-state index in [0.717, 1.165) is 6.61 Å². The molecule has 0 aliphatic heterocycles. The van der Waals surface area contributed by atoms with Gasteiger partial charge in [-0.15, -0.1) is 0 Å². The standard InChI is InChI=1S/C9H21NO/c1-8(2,3)9(4,6-10)7-11-5/h6-7,10H2,1-5H3. The molecule has 0 aromatic rings. The van der Waals surface area contributed by atoms with Gasteiger partial charge in [0.1, 0.15) is 0 Å². The molecule has 0 aromatic carbocycles. The van der Waals surface area contributed by atoms with Crippen molar-refractivity contribution >= 4 is 0 Å². The van der Waals surface area contributed by atoms with Gasteiger partial charge in [-0.3, -0.25) is 0 Å². The molecule has 0 radical (unpaired) electrons. The quantitative estimate of drug-likeness (QED) is 0.679. The monoisotopic (exact) mass is 159 g/mol. The maximum atomic E-state index is 5.70. The summed E-state index contributed by atoms with van der Waals surface area (Å²) in [5.41, 5.74) is 5.99. The summed E-state index contributed by atoms with van der Waals surface area (Å²) in [7, 11) is 1.72. The molecule has 0 aliphatic carbocycles.